The van der Waals surface area contributed by atoms with Crippen molar-refractivity contribution in [3.8, 4) is 0 Å². The molecule has 114 valence electrons. The van der Waals surface area contributed by atoms with Crippen molar-refractivity contribution < 1.29 is 28.2 Å². The first-order valence-electron chi connectivity index (χ1n) is 6.19. The Hall–Kier alpha value is -2.09. The molecule has 0 saturated carbocycles. The van der Waals surface area contributed by atoms with Crippen molar-refractivity contribution in [1.82, 2.24) is 9.55 Å². The van der Waals surface area contributed by atoms with Gasteiger partial charge < -0.3 is 14.8 Å². The number of aromatic carboxylic acids is 1. The Kier molecular flexibility index (Phi) is 3.91. The highest BCUT2D eigenvalue weighted by Crippen LogP contribution is 2.35. The van der Waals surface area contributed by atoms with E-state index in [1.165, 1.54) is 25.1 Å². The average molecular weight is 302 g/mol. The van der Waals surface area contributed by atoms with Gasteiger partial charge in [-0.2, -0.15) is 13.2 Å². The SMILES string of the molecule is CC(CCO)n1c(C(F)(F)F)nc2cccc(C(=O)O)c21. The van der Waals surface area contributed by atoms with Crippen LogP contribution in [0.4, 0.5) is 13.2 Å². The first kappa shape index (κ1) is 15.3. The minimum absolute atomic E-state index is 0.0352. The first-order chi connectivity index (χ1) is 9.77. The van der Waals surface area contributed by atoms with Crippen molar-refractivity contribution >= 4 is 17.0 Å². The van der Waals surface area contributed by atoms with E-state index >= 15 is 0 Å². The number of halogens is 3. The zero-order valence-electron chi connectivity index (χ0n) is 11.1. The molecule has 2 rings (SSSR count). The van der Waals surface area contributed by atoms with Gasteiger partial charge >= 0.3 is 12.1 Å². The number of carboxylic acid groups (broad SMARTS) is 1. The maximum absolute atomic E-state index is 13.1. The van der Waals surface area contributed by atoms with Crippen molar-refractivity contribution in [2.75, 3.05) is 6.61 Å². The Morgan fingerprint density at radius 2 is 2.10 bits per heavy atom. The summed E-state index contributed by atoms with van der Waals surface area (Å²) in [7, 11) is 0. The van der Waals surface area contributed by atoms with Crippen molar-refractivity contribution in [2.24, 2.45) is 0 Å². The van der Waals surface area contributed by atoms with Crippen LogP contribution in [-0.4, -0.2) is 32.3 Å². The van der Waals surface area contributed by atoms with Crippen LogP contribution in [0.3, 0.4) is 0 Å². The molecular formula is C13H13F3N2O3. The molecule has 0 fully saturated rings. The van der Waals surface area contributed by atoms with Gasteiger partial charge in [0, 0.05) is 12.6 Å². The number of hydrogen-bond donors (Lipinski definition) is 2. The number of carboxylic acids is 1. The molecule has 0 spiro atoms. The molecule has 0 aliphatic rings. The third-order valence-electron chi connectivity index (χ3n) is 3.18. The number of fused-ring (bicyclic) bond motifs is 1. The van der Waals surface area contributed by atoms with Crippen LogP contribution in [0.1, 0.15) is 35.6 Å². The molecule has 0 saturated heterocycles. The van der Waals surface area contributed by atoms with Gasteiger partial charge in [0.1, 0.15) is 0 Å². The number of benzene rings is 1. The fraction of sp³-hybridized carbons (Fsp3) is 0.385. The Morgan fingerprint density at radius 3 is 2.62 bits per heavy atom. The number of aromatic nitrogens is 2. The quantitative estimate of drug-likeness (QED) is 0.910. The van der Waals surface area contributed by atoms with Gasteiger partial charge in [0.05, 0.1) is 16.6 Å². The summed E-state index contributed by atoms with van der Waals surface area (Å²) < 4.78 is 40.2. The van der Waals surface area contributed by atoms with E-state index < -0.39 is 24.0 Å². The molecule has 1 unspecified atom stereocenters. The van der Waals surface area contributed by atoms with Crippen LogP contribution < -0.4 is 0 Å². The van der Waals surface area contributed by atoms with Crippen LogP contribution >= 0.6 is 0 Å². The normalized spacial score (nSPS) is 13.6. The number of carbonyl (C=O) groups is 1. The van der Waals surface area contributed by atoms with Gasteiger partial charge in [0.2, 0.25) is 5.82 Å². The third-order valence-corrected chi connectivity index (χ3v) is 3.18. The Morgan fingerprint density at radius 1 is 1.43 bits per heavy atom. The van der Waals surface area contributed by atoms with E-state index in [1.807, 2.05) is 0 Å². The van der Waals surface area contributed by atoms with Crippen molar-refractivity contribution in [3.05, 3.63) is 29.6 Å². The average Bonchev–Trinajstić information content (AvgIpc) is 2.77. The molecule has 1 heterocycles. The number of imidazole rings is 1. The maximum Gasteiger partial charge on any atom is 0.449 e. The zero-order chi connectivity index (χ0) is 15.8. The van der Waals surface area contributed by atoms with Crippen LogP contribution in [-0.2, 0) is 6.18 Å². The molecule has 1 aromatic heterocycles. The first-order valence-corrected chi connectivity index (χ1v) is 6.19. The number of aliphatic hydroxyl groups is 1. The smallest absolute Gasteiger partial charge is 0.449 e. The number of alkyl halides is 3. The lowest BCUT2D eigenvalue weighted by Gasteiger charge is -2.18. The van der Waals surface area contributed by atoms with Crippen molar-refractivity contribution in [2.45, 2.75) is 25.6 Å². The topological polar surface area (TPSA) is 75.3 Å². The van der Waals surface area contributed by atoms with Crippen LogP contribution in [0.2, 0.25) is 0 Å². The maximum atomic E-state index is 13.1. The summed E-state index contributed by atoms with van der Waals surface area (Å²) in [6, 6.07) is 3.17. The van der Waals surface area contributed by atoms with E-state index in [9.17, 15) is 18.0 Å². The zero-order valence-corrected chi connectivity index (χ0v) is 11.1. The fourth-order valence-electron chi connectivity index (χ4n) is 2.27. The lowest BCUT2D eigenvalue weighted by molar-refractivity contribution is -0.147. The predicted octanol–water partition coefficient (Wildman–Crippen LogP) is 2.70. The molecule has 0 amide bonds. The minimum Gasteiger partial charge on any atom is -0.478 e. The molecule has 21 heavy (non-hydrogen) atoms. The monoisotopic (exact) mass is 302 g/mol. The van der Waals surface area contributed by atoms with Crippen LogP contribution in [0.15, 0.2) is 18.2 Å². The summed E-state index contributed by atoms with van der Waals surface area (Å²) in [5, 5.41) is 18.1. The second-order valence-electron chi connectivity index (χ2n) is 4.64. The molecule has 0 aliphatic carbocycles. The summed E-state index contributed by atoms with van der Waals surface area (Å²) in [5.41, 5.74) is -0.370. The van der Waals surface area contributed by atoms with E-state index in [0.717, 1.165) is 4.57 Å². The summed E-state index contributed by atoms with van der Waals surface area (Å²) in [6.07, 6.45) is -4.65. The van der Waals surface area contributed by atoms with E-state index in [4.69, 9.17) is 10.2 Å². The summed E-state index contributed by atoms with van der Waals surface area (Å²) in [6.45, 7) is 1.17. The predicted molar refractivity (Wildman–Crippen MR) is 68.1 cm³/mol. The second kappa shape index (κ2) is 5.36. The van der Waals surface area contributed by atoms with Gasteiger partial charge in [-0.25, -0.2) is 9.78 Å². The van der Waals surface area contributed by atoms with Crippen molar-refractivity contribution in [3.63, 3.8) is 0 Å². The summed E-state index contributed by atoms with van der Waals surface area (Å²) in [4.78, 5) is 14.8. The van der Waals surface area contributed by atoms with Crippen LogP contribution in [0, 0.1) is 0 Å². The molecule has 0 aliphatic heterocycles. The minimum atomic E-state index is -4.71. The lowest BCUT2D eigenvalue weighted by Crippen LogP contribution is -2.19. The van der Waals surface area contributed by atoms with Crippen LogP contribution in [0.5, 0.6) is 0 Å². The fourth-order valence-corrected chi connectivity index (χ4v) is 2.27. The number of nitrogens with zero attached hydrogens (tertiary/aromatic N) is 2. The van der Waals surface area contributed by atoms with E-state index in [1.54, 1.807) is 0 Å². The Labute approximate surface area is 117 Å². The molecule has 1 aromatic carbocycles. The second-order valence-corrected chi connectivity index (χ2v) is 4.64. The number of hydrogen-bond acceptors (Lipinski definition) is 3. The van der Waals surface area contributed by atoms with Gasteiger partial charge in [0.25, 0.3) is 0 Å². The largest absolute Gasteiger partial charge is 0.478 e. The van der Waals surface area contributed by atoms with E-state index in [0.29, 0.717) is 0 Å². The van der Waals surface area contributed by atoms with Gasteiger partial charge in [-0.05, 0) is 25.5 Å². The molecular weight excluding hydrogens is 289 g/mol. The van der Waals surface area contributed by atoms with Crippen LogP contribution in [0.25, 0.3) is 11.0 Å². The van der Waals surface area contributed by atoms with Gasteiger partial charge in [-0.3, -0.25) is 0 Å². The van der Waals surface area contributed by atoms with E-state index in [2.05, 4.69) is 4.98 Å². The standard InChI is InChI=1S/C13H13F3N2O3/c1-7(5-6-19)18-10-8(11(20)21)3-2-4-9(10)17-12(18)13(14,15)16/h2-4,7,19H,5-6H2,1H3,(H,20,21). The molecule has 1 atom stereocenters. The number of para-hydroxylation sites is 1. The van der Waals surface area contributed by atoms with Gasteiger partial charge in [0.15, 0.2) is 0 Å². The highest BCUT2D eigenvalue weighted by atomic mass is 19.4. The molecule has 5 nitrogen and oxygen atoms in total. The highest BCUT2D eigenvalue weighted by Gasteiger charge is 2.39. The number of rotatable bonds is 4. The van der Waals surface area contributed by atoms with Gasteiger partial charge in [-0.1, -0.05) is 6.07 Å². The molecule has 2 N–H and O–H groups in total. The molecule has 8 heteroatoms. The van der Waals surface area contributed by atoms with Crippen molar-refractivity contribution in [1.29, 1.82) is 0 Å². The third kappa shape index (κ3) is 2.71. The summed E-state index contributed by atoms with van der Waals surface area (Å²) >= 11 is 0. The van der Waals surface area contributed by atoms with Gasteiger partial charge in [-0.15, -0.1) is 0 Å². The highest BCUT2D eigenvalue weighted by molar-refractivity contribution is 6.01. The summed E-state index contributed by atoms with van der Waals surface area (Å²) in [5.74, 6) is -2.49. The number of aliphatic hydroxyl groups excluding tert-OH is 1. The molecule has 0 bridgehead atoms. The molecule has 0 radical (unpaired) electrons. The Bertz CT molecular complexity index is 679. The van der Waals surface area contributed by atoms with E-state index in [-0.39, 0.29) is 29.6 Å². The Balaban J connectivity index is 2.83. The lowest BCUT2D eigenvalue weighted by atomic mass is 10.1. The molecule has 2 aromatic rings.